The van der Waals surface area contributed by atoms with E-state index in [0.717, 1.165) is 6.42 Å². The van der Waals surface area contributed by atoms with E-state index in [9.17, 15) is 18.3 Å². The maximum atomic E-state index is 12.3. The van der Waals surface area contributed by atoms with Crippen LogP contribution in [0, 0.1) is 0 Å². The molecule has 8 heteroatoms. The van der Waals surface area contributed by atoms with Crippen molar-refractivity contribution >= 4 is 16.5 Å². The van der Waals surface area contributed by atoms with Crippen LogP contribution in [-0.4, -0.2) is 34.5 Å². The second kappa shape index (κ2) is 4.17. The van der Waals surface area contributed by atoms with Gasteiger partial charge in [-0.05, 0) is 12.8 Å². The molecule has 1 atom stereocenters. The summed E-state index contributed by atoms with van der Waals surface area (Å²) in [6, 6.07) is 0. The summed E-state index contributed by atoms with van der Waals surface area (Å²) in [5.41, 5.74) is 0. The maximum Gasteiger partial charge on any atom is 0.445 e. The molecule has 1 saturated heterocycles. The van der Waals surface area contributed by atoms with Crippen LogP contribution in [0.15, 0.2) is 0 Å². The Labute approximate surface area is 93.7 Å². The first kappa shape index (κ1) is 11.6. The lowest BCUT2D eigenvalue weighted by atomic mass is 10.1. The summed E-state index contributed by atoms with van der Waals surface area (Å²) < 4.78 is 36.9. The number of β-amino-alcohol motifs (C(OH)–C–C–N with tert-alkyl or cyclic N) is 1. The molecule has 0 radical (unpaired) electrons. The lowest BCUT2D eigenvalue weighted by molar-refractivity contribution is -0.138. The molecule has 2 heterocycles. The van der Waals surface area contributed by atoms with Gasteiger partial charge in [0.15, 0.2) is 0 Å². The Morgan fingerprint density at radius 3 is 2.69 bits per heavy atom. The van der Waals surface area contributed by atoms with Gasteiger partial charge < -0.3 is 10.0 Å². The van der Waals surface area contributed by atoms with Crippen molar-refractivity contribution in [2.45, 2.75) is 25.1 Å². The maximum absolute atomic E-state index is 12.3. The number of aliphatic hydroxyl groups is 1. The van der Waals surface area contributed by atoms with E-state index in [0.29, 0.717) is 30.8 Å². The van der Waals surface area contributed by atoms with E-state index in [1.807, 2.05) is 0 Å². The number of hydrogen-bond donors (Lipinski definition) is 1. The SMILES string of the molecule is OC1CCCN(c2nnc(C(F)(F)F)s2)C1. The van der Waals surface area contributed by atoms with Gasteiger partial charge in [-0.15, -0.1) is 10.2 Å². The number of anilines is 1. The first-order valence-corrected chi connectivity index (χ1v) is 5.62. The molecule has 90 valence electrons. The Morgan fingerprint density at radius 2 is 2.12 bits per heavy atom. The molecule has 1 unspecified atom stereocenters. The average Bonchev–Trinajstić information content (AvgIpc) is 2.65. The van der Waals surface area contributed by atoms with Gasteiger partial charge in [0.05, 0.1) is 6.10 Å². The van der Waals surface area contributed by atoms with Crippen LogP contribution in [0.4, 0.5) is 18.3 Å². The van der Waals surface area contributed by atoms with Gasteiger partial charge in [0.2, 0.25) is 10.1 Å². The third-order valence-corrected chi connectivity index (χ3v) is 3.35. The zero-order valence-corrected chi connectivity index (χ0v) is 9.05. The zero-order valence-electron chi connectivity index (χ0n) is 8.24. The highest BCUT2D eigenvalue weighted by Gasteiger charge is 2.36. The minimum absolute atomic E-state index is 0.228. The molecule has 0 bridgehead atoms. The van der Waals surface area contributed by atoms with E-state index in [-0.39, 0.29) is 5.13 Å². The van der Waals surface area contributed by atoms with Crippen molar-refractivity contribution in [2.24, 2.45) is 0 Å². The fourth-order valence-corrected chi connectivity index (χ4v) is 2.33. The van der Waals surface area contributed by atoms with Gasteiger partial charge >= 0.3 is 6.18 Å². The van der Waals surface area contributed by atoms with E-state index in [2.05, 4.69) is 10.2 Å². The highest BCUT2D eigenvalue weighted by molar-refractivity contribution is 7.15. The van der Waals surface area contributed by atoms with Crippen molar-refractivity contribution < 1.29 is 18.3 Å². The molecule has 1 fully saturated rings. The van der Waals surface area contributed by atoms with Crippen LogP contribution in [-0.2, 0) is 6.18 Å². The molecule has 1 aliphatic heterocycles. The Balaban J connectivity index is 2.12. The molecule has 1 N–H and O–H groups in total. The molecule has 0 saturated carbocycles. The highest BCUT2D eigenvalue weighted by Crippen LogP contribution is 2.34. The highest BCUT2D eigenvalue weighted by atomic mass is 32.1. The number of rotatable bonds is 1. The number of hydrogen-bond acceptors (Lipinski definition) is 5. The van der Waals surface area contributed by atoms with E-state index < -0.39 is 17.3 Å². The number of halogens is 3. The van der Waals surface area contributed by atoms with Crippen molar-refractivity contribution in [1.82, 2.24) is 10.2 Å². The molecular weight excluding hydrogens is 243 g/mol. The number of alkyl halides is 3. The number of piperidine rings is 1. The minimum atomic E-state index is -4.44. The standard InChI is InChI=1S/C8H10F3N3OS/c9-8(10,11)6-12-13-7(16-6)14-3-1-2-5(15)4-14/h5,15H,1-4H2. The topological polar surface area (TPSA) is 49.2 Å². The first-order valence-electron chi connectivity index (χ1n) is 4.80. The number of nitrogens with zero attached hydrogens (tertiary/aromatic N) is 3. The van der Waals surface area contributed by atoms with Crippen LogP contribution in [0.25, 0.3) is 0 Å². The molecule has 1 aliphatic rings. The van der Waals surface area contributed by atoms with Crippen molar-refractivity contribution in [2.75, 3.05) is 18.0 Å². The summed E-state index contributed by atoms with van der Waals surface area (Å²) in [6.45, 7) is 0.941. The van der Waals surface area contributed by atoms with Crippen molar-refractivity contribution in [3.63, 3.8) is 0 Å². The smallest absolute Gasteiger partial charge is 0.391 e. The molecular formula is C8H10F3N3OS. The van der Waals surface area contributed by atoms with Crippen LogP contribution in [0.3, 0.4) is 0 Å². The second-order valence-electron chi connectivity index (χ2n) is 3.63. The predicted molar refractivity (Wildman–Crippen MR) is 52.4 cm³/mol. The molecule has 1 aromatic heterocycles. The molecule has 2 rings (SSSR count). The summed E-state index contributed by atoms with van der Waals surface area (Å²) >= 11 is 0.516. The number of aliphatic hydroxyl groups excluding tert-OH is 1. The van der Waals surface area contributed by atoms with E-state index in [4.69, 9.17) is 0 Å². The van der Waals surface area contributed by atoms with Gasteiger partial charge in [0.25, 0.3) is 0 Å². The second-order valence-corrected chi connectivity index (χ2v) is 4.59. The minimum Gasteiger partial charge on any atom is -0.391 e. The Kier molecular flexibility index (Phi) is 3.02. The van der Waals surface area contributed by atoms with Gasteiger partial charge in [-0.3, -0.25) is 0 Å². The lowest BCUT2D eigenvalue weighted by Gasteiger charge is -2.29. The molecule has 16 heavy (non-hydrogen) atoms. The molecule has 0 aromatic carbocycles. The van der Waals surface area contributed by atoms with Crippen LogP contribution < -0.4 is 4.90 Å². The summed E-state index contributed by atoms with van der Waals surface area (Å²) in [5, 5.41) is 15.3. The number of aromatic nitrogens is 2. The largest absolute Gasteiger partial charge is 0.445 e. The Morgan fingerprint density at radius 1 is 1.38 bits per heavy atom. The average molecular weight is 253 g/mol. The van der Waals surface area contributed by atoms with E-state index in [1.165, 1.54) is 0 Å². The summed E-state index contributed by atoms with van der Waals surface area (Å²) in [6.07, 6.45) is -3.50. The third-order valence-electron chi connectivity index (χ3n) is 2.32. The molecule has 0 spiro atoms. The Bertz CT molecular complexity index is 368. The van der Waals surface area contributed by atoms with E-state index in [1.54, 1.807) is 4.90 Å². The van der Waals surface area contributed by atoms with Gasteiger partial charge in [-0.1, -0.05) is 11.3 Å². The van der Waals surface area contributed by atoms with Crippen molar-refractivity contribution in [3.8, 4) is 0 Å². The van der Waals surface area contributed by atoms with Crippen molar-refractivity contribution in [3.05, 3.63) is 5.01 Å². The molecule has 0 aliphatic carbocycles. The molecule has 1 aromatic rings. The fraction of sp³-hybridized carbons (Fsp3) is 0.750. The molecule has 0 amide bonds. The van der Waals surface area contributed by atoms with Gasteiger partial charge in [0.1, 0.15) is 0 Å². The summed E-state index contributed by atoms with van der Waals surface area (Å²) in [5.74, 6) is 0. The van der Waals surface area contributed by atoms with Crippen LogP contribution in [0.1, 0.15) is 17.8 Å². The van der Waals surface area contributed by atoms with Crippen molar-refractivity contribution in [1.29, 1.82) is 0 Å². The molecule has 4 nitrogen and oxygen atoms in total. The Hall–Kier alpha value is -0.890. The zero-order chi connectivity index (χ0) is 11.8. The summed E-state index contributed by atoms with van der Waals surface area (Å²) in [7, 11) is 0. The van der Waals surface area contributed by atoms with E-state index >= 15 is 0 Å². The van der Waals surface area contributed by atoms with Gasteiger partial charge in [-0.25, -0.2) is 0 Å². The predicted octanol–water partition coefficient (Wildman–Crippen LogP) is 1.52. The van der Waals surface area contributed by atoms with Gasteiger partial charge in [-0.2, -0.15) is 13.2 Å². The van der Waals surface area contributed by atoms with Gasteiger partial charge in [0, 0.05) is 13.1 Å². The van der Waals surface area contributed by atoms with Crippen LogP contribution >= 0.6 is 11.3 Å². The third kappa shape index (κ3) is 2.43. The monoisotopic (exact) mass is 253 g/mol. The summed E-state index contributed by atoms with van der Waals surface area (Å²) in [4.78, 5) is 1.64. The van der Waals surface area contributed by atoms with Crippen LogP contribution in [0.2, 0.25) is 0 Å². The first-order chi connectivity index (χ1) is 7.47. The fourth-order valence-electron chi connectivity index (χ4n) is 1.59. The normalized spacial score (nSPS) is 22.5. The van der Waals surface area contributed by atoms with Crippen LogP contribution in [0.5, 0.6) is 0 Å². The quantitative estimate of drug-likeness (QED) is 0.824. The lowest BCUT2D eigenvalue weighted by Crippen LogP contribution is -2.38.